The molecule has 84 valence electrons. The summed E-state index contributed by atoms with van der Waals surface area (Å²) in [7, 11) is 0. The smallest absolute Gasteiger partial charge is 0.155 e. The van der Waals surface area contributed by atoms with E-state index in [2.05, 4.69) is 0 Å². The first-order valence-corrected chi connectivity index (χ1v) is 5.35. The Morgan fingerprint density at radius 1 is 1.38 bits per heavy atom. The number of benzene rings is 1. The number of ketones is 1. The van der Waals surface area contributed by atoms with E-state index in [1.807, 2.05) is 19.9 Å². The molecule has 0 aliphatic rings. The topological polar surface area (TPSA) is 22.0 Å². The molecule has 2 nitrogen and oxygen atoms in total. The second-order valence-electron chi connectivity index (χ2n) is 4.24. The Hall–Kier alpha value is -1.64. The van der Waals surface area contributed by atoms with Crippen LogP contribution in [0.5, 0.6) is 0 Å². The second kappa shape index (κ2) is 4.08. The number of Topliss-reactive ketones (excluding diaryl/α,β-unsaturated/α-hetero) is 1. The summed E-state index contributed by atoms with van der Waals surface area (Å²) >= 11 is 0. The van der Waals surface area contributed by atoms with E-state index in [0.29, 0.717) is 11.9 Å². The molecule has 1 heterocycles. The summed E-state index contributed by atoms with van der Waals surface area (Å²) in [6.07, 6.45) is 1.76. The molecule has 2 rings (SSSR count). The molecule has 0 radical (unpaired) electrons. The maximum absolute atomic E-state index is 13.4. The van der Waals surface area contributed by atoms with Gasteiger partial charge in [0.1, 0.15) is 5.82 Å². The largest absolute Gasteiger partial charge is 0.340 e. The lowest BCUT2D eigenvalue weighted by Gasteiger charge is -2.06. The van der Waals surface area contributed by atoms with Gasteiger partial charge in [-0.05, 0) is 18.2 Å². The standard InChI is InChI=1S/C13H14FNO/c1-9(2)13(16)8-15-7-6-10-11(14)4-3-5-12(10)15/h3-7,9H,8H2,1-2H3. The van der Waals surface area contributed by atoms with Crippen molar-refractivity contribution in [1.29, 1.82) is 0 Å². The first kappa shape index (κ1) is 10.9. The van der Waals surface area contributed by atoms with Gasteiger partial charge in [-0.2, -0.15) is 0 Å². The van der Waals surface area contributed by atoms with Crippen molar-refractivity contribution in [3.05, 3.63) is 36.3 Å². The molecule has 0 amide bonds. The number of hydrogen-bond acceptors (Lipinski definition) is 1. The monoisotopic (exact) mass is 219 g/mol. The summed E-state index contributed by atoms with van der Waals surface area (Å²) in [4.78, 5) is 11.6. The number of fused-ring (bicyclic) bond motifs is 1. The molecule has 0 unspecified atom stereocenters. The summed E-state index contributed by atoms with van der Waals surface area (Å²) in [5.74, 6) is -0.0824. The number of hydrogen-bond donors (Lipinski definition) is 0. The molecule has 0 N–H and O–H groups in total. The molecule has 1 aromatic carbocycles. The zero-order valence-corrected chi connectivity index (χ0v) is 9.40. The fraction of sp³-hybridized carbons (Fsp3) is 0.308. The first-order chi connectivity index (χ1) is 7.59. The normalized spacial score (nSPS) is 11.2. The van der Waals surface area contributed by atoms with Crippen LogP contribution >= 0.6 is 0 Å². The number of aromatic nitrogens is 1. The molecule has 3 heteroatoms. The predicted molar refractivity (Wildman–Crippen MR) is 61.7 cm³/mol. The molecule has 16 heavy (non-hydrogen) atoms. The van der Waals surface area contributed by atoms with Crippen LogP contribution in [-0.4, -0.2) is 10.4 Å². The maximum Gasteiger partial charge on any atom is 0.155 e. The van der Waals surface area contributed by atoms with Crippen LogP contribution in [0.3, 0.4) is 0 Å². The van der Waals surface area contributed by atoms with Crippen LogP contribution < -0.4 is 0 Å². The summed E-state index contributed by atoms with van der Waals surface area (Å²) in [6.45, 7) is 4.05. The van der Waals surface area contributed by atoms with E-state index >= 15 is 0 Å². The minimum Gasteiger partial charge on any atom is -0.340 e. The van der Waals surface area contributed by atoms with Crippen LogP contribution in [0.25, 0.3) is 10.9 Å². The van der Waals surface area contributed by atoms with Gasteiger partial charge in [-0.25, -0.2) is 4.39 Å². The lowest BCUT2D eigenvalue weighted by molar-refractivity contribution is -0.122. The van der Waals surface area contributed by atoms with Crippen LogP contribution in [0.1, 0.15) is 13.8 Å². The molecule has 0 atom stereocenters. The van der Waals surface area contributed by atoms with Gasteiger partial charge in [-0.1, -0.05) is 19.9 Å². The fourth-order valence-corrected chi connectivity index (χ4v) is 1.67. The third-order valence-corrected chi connectivity index (χ3v) is 2.73. The van der Waals surface area contributed by atoms with Gasteiger partial charge < -0.3 is 4.57 Å². The van der Waals surface area contributed by atoms with Crippen molar-refractivity contribution in [3.8, 4) is 0 Å². The number of halogens is 1. The van der Waals surface area contributed by atoms with Crippen molar-refractivity contribution in [3.63, 3.8) is 0 Å². The maximum atomic E-state index is 13.4. The van der Waals surface area contributed by atoms with Crippen LogP contribution in [0, 0.1) is 11.7 Å². The Bertz CT molecular complexity index is 528. The van der Waals surface area contributed by atoms with Crippen molar-refractivity contribution in [2.75, 3.05) is 0 Å². The minimum absolute atomic E-state index is 0.00556. The van der Waals surface area contributed by atoms with E-state index in [-0.39, 0.29) is 17.5 Å². The Kier molecular flexibility index (Phi) is 2.77. The van der Waals surface area contributed by atoms with Crippen molar-refractivity contribution in [1.82, 2.24) is 4.57 Å². The summed E-state index contributed by atoms with van der Waals surface area (Å²) < 4.78 is 15.2. The van der Waals surface area contributed by atoms with Crippen molar-refractivity contribution in [2.24, 2.45) is 5.92 Å². The van der Waals surface area contributed by atoms with E-state index in [0.717, 1.165) is 5.52 Å². The van der Waals surface area contributed by atoms with Crippen molar-refractivity contribution >= 4 is 16.7 Å². The summed E-state index contributed by atoms with van der Waals surface area (Å²) in [6, 6.07) is 6.62. The lowest BCUT2D eigenvalue weighted by atomic mass is 10.1. The fourth-order valence-electron chi connectivity index (χ4n) is 1.67. The third-order valence-electron chi connectivity index (χ3n) is 2.73. The Morgan fingerprint density at radius 3 is 2.81 bits per heavy atom. The second-order valence-corrected chi connectivity index (χ2v) is 4.24. The highest BCUT2D eigenvalue weighted by molar-refractivity contribution is 5.85. The zero-order chi connectivity index (χ0) is 11.7. The van der Waals surface area contributed by atoms with Crippen LogP contribution in [0.2, 0.25) is 0 Å². The van der Waals surface area contributed by atoms with Gasteiger partial charge in [0, 0.05) is 17.5 Å². The van der Waals surface area contributed by atoms with E-state index in [1.165, 1.54) is 6.07 Å². The molecule has 0 aliphatic heterocycles. The van der Waals surface area contributed by atoms with E-state index < -0.39 is 0 Å². The van der Waals surface area contributed by atoms with Gasteiger partial charge in [0.25, 0.3) is 0 Å². The highest BCUT2D eigenvalue weighted by Crippen LogP contribution is 2.19. The van der Waals surface area contributed by atoms with Gasteiger partial charge in [0.15, 0.2) is 5.78 Å². The van der Waals surface area contributed by atoms with Crippen LogP contribution in [0.4, 0.5) is 4.39 Å². The van der Waals surface area contributed by atoms with Crippen LogP contribution in [-0.2, 0) is 11.3 Å². The molecular weight excluding hydrogens is 205 g/mol. The lowest BCUT2D eigenvalue weighted by Crippen LogP contribution is -2.14. The van der Waals surface area contributed by atoms with Gasteiger partial charge in [0.2, 0.25) is 0 Å². The Balaban J connectivity index is 2.39. The highest BCUT2D eigenvalue weighted by atomic mass is 19.1. The van der Waals surface area contributed by atoms with Crippen molar-refractivity contribution in [2.45, 2.75) is 20.4 Å². The molecule has 0 spiro atoms. The summed E-state index contributed by atoms with van der Waals surface area (Å²) in [5, 5.41) is 0.569. The van der Waals surface area contributed by atoms with Gasteiger partial charge in [-0.15, -0.1) is 0 Å². The third kappa shape index (κ3) is 1.85. The molecule has 0 bridgehead atoms. The molecule has 0 aliphatic carbocycles. The van der Waals surface area contributed by atoms with Crippen molar-refractivity contribution < 1.29 is 9.18 Å². The Morgan fingerprint density at radius 2 is 2.12 bits per heavy atom. The number of carbonyl (C=O) groups excluding carboxylic acids is 1. The van der Waals surface area contributed by atoms with E-state index in [4.69, 9.17) is 0 Å². The molecular formula is C13H14FNO. The highest BCUT2D eigenvalue weighted by Gasteiger charge is 2.10. The zero-order valence-electron chi connectivity index (χ0n) is 9.40. The van der Waals surface area contributed by atoms with E-state index in [1.54, 1.807) is 22.9 Å². The minimum atomic E-state index is -0.242. The van der Waals surface area contributed by atoms with Gasteiger partial charge >= 0.3 is 0 Å². The molecule has 0 saturated carbocycles. The molecule has 0 fully saturated rings. The molecule has 2 aromatic rings. The first-order valence-electron chi connectivity index (χ1n) is 5.35. The number of carbonyl (C=O) groups is 1. The van der Waals surface area contributed by atoms with E-state index in [9.17, 15) is 9.18 Å². The number of nitrogens with zero attached hydrogens (tertiary/aromatic N) is 1. The van der Waals surface area contributed by atoms with Crippen LogP contribution in [0.15, 0.2) is 30.5 Å². The van der Waals surface area contributed by atoms with Gasteiger partial charge in [-0.3, -0.25) is 4.79 Å². The SMILES string of the molecule is CC(C)C(=O)Cn1ccc2c(F)cccc21. The Labute approximate surface area is 93.7 Å². The average molecular weight is 219 g/mol. The predicted octanol–water partition coefficient (Wildman–Crippen LogP) is 3.01. The molecule has 0 saturated heterocycles. The quantitative estimate of drug-likeness (QED) is 0.777. The van der Waals surface area contributed by atoms with Gasteiger partial charge in [0.05, 0.1) is 12.1 Å². The average Bonchev–Trinajstić information content (AvgIpc) is 2.63. The summed E-state index contributed by atoms with van der Waals surface area (Å²) in [5.41, 5.74) is 0.772. The molecule has 1 aromatic heterocycles. The number of rotatable bonds is 3.